The zero-order chi connectivity index (χ0) is 14.3. The predicted molar refractivity (Wildman–Crippen MR) is 76.0 cm³/mol. The summed E-state index contributed by atoms with van der Waals surface area (Å²) >= 11 is 0. The fraction of sp³-hybridized carbons (Fsp3) is 0.0625. The van der Waals surface area contributed by atoms with Gasteiger partial charge in [0.1, 0.15) is 17.1 Å². The van der Waals surface area contributed by atoms with Crippen molar-refractivity contribution in [2.45, 2.75) is 6.92 Å². The molecule has 1 aromatic heterocycles. The zero-order valence-corrected chi connectivity index (χ0v) is 10.8. The summed E-state index contributed by atoms with van der Waals surface area (Å²) in [5.74, 6) is 0.250. The van der Waals surface area contributed by atoms with E-state index in [2.05, 4.69) is 0 Å². The highest BCUT2D eigenvalue weighted by Crippen LogP contribution is 2.29. The summed E-state index contributed by atoms with van der Waals surface area (Å²) in [6.07, 6.45) is 0. The van der Waals surface area contributed by atoms with Crippen LogP contribution in [0.3, 0.4) is 0 Å². The van der Waals surface area contributed by atoms with Crippen LogP contribution in [0.4, 0.5) is 0 Å². The molecular weight excluding hydrogens is 256 g/mol. The lowest BCUT2D eigenvalue weighted by atomic mass is 9.99. The monoisotopic (exact) mass is 268 g/mol. The Bertz CT molecular complexity index is 845. The maximum absolute atomic E-state index is 12.1. The lowest BCUT2D eigenvalue weighted by molar-refractivity contribution is 0.475. The Morgan fingerprint density at radius 3 is 2.30 bits per heavy atom. The molecule has 2 aromatic carbocycles. The zero-order valence-electron chi connectivity index (χ0n) is 10.8. The van der Waals surface area contributed by atoms with Crippen LogP contribution in [0.15, 0.2) is 51.7 Å². The highest BCUT2D eigenvalue weighted by Gasteiger charge is 2.13. The van der Waals surface area contributed by atoms with Crippen LogP contribution in [-0.2, 0) is 0 Å². The van der Waals surface area contributed by atoms with E-state index in [4.69, 9.17) is 4.42 Å². The summed E-state index contributed by atoms with van der Waals surface area (Å²) in [7, 11) is 0. The molecule has 2 N–H and O–H groups in total. The van der Waals surface area contributed by atoms with Crippen molar-refractivity contribution in [1.82, 2.24) is 0 Å². The number of rotatable bonds is 1. The van der Waals surface area contributed by atoms with E-state index >= 15 is 0 Å². The minimum Gasteiger partial charge on any atom is -0.508 e. The van der Waals surface area contributed by atoms with Gasteiger partial charge in [-0.25, -0.2) is 4.79 Å². The van der Waals surface area contributed by atoms with E-state index in [0.717, 1.165) is 5.56 Å². The molecule has 4 nitrogen and oxygen atoms in total. The van der Waals surface area contributed by atoms with Gasteiger partial charge in [0.05, 0.1) is 5.56 Å². The Hall–Kier alpha value is -2.75. The van der Waals surface area contributed by atoms with Gasteiger partial charge in [0.25, 0.3) is 0 Å². The van der Waals surface area contributed by atoms with E-state index in [-0.39, 0.29) is 11.5 Å². The lowest BCUT2D eigenvalue weighted by Gasteiger charge is -2.08. The number of aromatic hydroxyl groups is 2. The molecule has 0 aliphatic rings. The number of aryl methyl sites for hydroxylation is 1. The van der Waals surface area contributed by atoms with Gasteiger partial charge in [-0.15, -0.1) is 0 Å². The minimum absolute atomic E-state index is 0.117. The molecule has 0 radical (unpaired) electrons. The van der Waals surface area contributed by atoms with Crippen LogP contribution < -0.4 is 5.63 Å². The third-order valence-corrected chi connectivity index (χ3v) is 3.30. The van der Waals surface area contributed by atoms with Gasteiger partial charge in [0.2, 0.25) is 0 Å². The first-order chi connectivity index (χ1) is 9.56. The number of phenols is 2. The number of benzene rings is 2. The molecule has 0 saturated carbocycles. The Morgan fingerprint density at radius 1 is 0.950 bits per heavy atom. The maximum Gasteiger partial charge on any atom is 0.344 e. The van der Waals surface area contributed by atoms with E-state index in [1.54, 1.807) is 31.2 Å². The normalized spacial score (nSPS) is 10.8. The fourth-order valence-electron chi connectivity index (χ4n) is 2.30. The Labute approximate surface area is 114 Å². The minimum atomic E-state index is -0.439. The third-order valence-electron chi connectivity index (χ3n) is 3.30. The van der Waals surface area contributed by atoms with E-state index in [9.17, 15) is 15.0 Å². The Kier molecular flexibility index (Phi) is 2.71. The van der Waals surface area contributed by atoms with Crippen molar-refractivity contribution in [2.24, 2.45) is 0 Å². The molecule has 100 valence electrons. The summed E-state index contributed by atoms with van der Waals surface area (Å²) in [4.78, 5) is 12.1. The standard InChI is InChI=1S/C16H12O4/c1-9-13-8-12(18)6-7-14(13)20-16(19)15(9)10-2-4-11(17)5-3-10/h2-8,17-18H,1H3. The smallest absolute Gasteiger partial charge is 0.344 e. The van der Waals surface area contributed by atoms with Crippen molar-refractivity contribution < 1.29 is 14.6 Å². The molecule has 0 unspecified atom stereocenters. The molecule has 0 atom stereocenters. The van der Waals surface area contributed by atoms with Gasteiger partial charge in [-0.1, -0.05) is 12.1 Å². The van der Waals surface area contributed by atoms with Crippen molar-refractivity contribution >= 4 is 11.0 Å². The van der Waals surface area contributed by atoms with Gasteiger partial charge in [0, 0.05) is 5.39 Å². The van der Waals surface area contributed by atoms with Gasteiger partial charge < -0.3 is 14.6 Å². The first kappa shape index (κ1) is 12.3. The van der Waals surface area contributed by atoms with Crippen LogP contribution in [0.2, 0.25) is 0 Å². The molecule has 0 amide bonds. The Morgan fingerprint density at radius 2 is 1.60 bits per heavy atom. The molecule has 0 aliphatic carbocycles. The van der Waals surface area contributed by atoms with E-state index in [1.165, 1.54) is 18.2 Å². The summed E-state index contributed by atoms with van der Waals surface area (Å²) < 4.78 is 5.28. The molecule has 0 bridgehead atoms. The Balaban J connectivity index is 2.35. The molecule has 1 heterocycles. The third kappa shape index (κ3) is 1.91. The predicted octanol–water partition coefficient (Wildman–Crippen LogP) is 3.18. The van der Waals surface area contributed by atoms with Crippen LogP contribution in [-0.4, -0.2) is 10.2 Å². The van der Waals surface area contributed by atoms with E-state index in [0.29, 0.717) is 22.1 Å². The maximum atomic E-state index is 12.1. The molecular formula is C16H12O4. The van der Waals surface area contributed by atoms with Gasteiger partial charge in [-0.05, 0) is 48.4 Å². The van der Waals surface area contributed by atoms with Crippen LogP contribution in [0.5, 0.6) is 11.5 Å². The van der Waals surface area contributed by atoms with Crippen LogP contribution in [0.1, 0.15) is 5.56 Å². The summed E-state index contributed by atoms with van der Waals surface area (Å²) in [5.41, 5.74) is 1.83. The van der Waals surface area contributed by atoms with Crippen molar-refractivity contribution in [3.05, 3.63) is 58.4 Å². The second-order valence-corrected chi connectivity index (χ2v) is 4.62. The average Bonchev–Trinajstić information content (AvgIpc) is 2.42. The second-order valence-electron chi connectivity index (χ2n) is 4.62. The van der Waals surface area contributed by atoms with Crippen LogP contribution >= 0.6 is 0 Å². The van der Waals surface area contributed by atoms with E-state index in [1.807, 2.05) is 0 Å². The summed E-state index contributed by atoms with van der Waals surface area (Å²) in [5, 5.41) is 19.6. The molecule has 3 aromatic rings. The van der Waals surface area contributed by atoms with Crippen molar-refractivity contribution in [3.8, 4) is 22.6 Å². The molecule has 3 rings (SSSR count). The van der Waals surface area contributed by atoms with E-state index < -0.39 is 5.63 Å². The lowest BCUT2D eigenvalue weighted by Crippen LogP contribution is -2.05. The van der Waals surface area contributed by atoms with Crippen molar-refractivity contribution in [2.75, 3.05) is 0 Å². The number of phenolic OH excluding ortho intramolecular Hbond substituents is 2. The molecule has 4 heteroatoms. The highest BCUT2D eigenvalue weighted by molar-refractivity contribution is 5.87. The van der Waals surface area contributed by atoms with Crippen LogP contribution in [0, 0.1) is 6.92 Å². The highest BCUT2D eigenvalue weighted by atomic mass is 16.4. The SMILES string of the molecule is Cc1c(-c2ccc(O)cc2)c(=O)oc2ccc(O)cc12. The first-order valence-electron chi connectivity index (χ1n) is 6.12. The molecule has 0 saturated heterocycles. The topological polar surface area (TPSA) is 70.7 Å². The summed E-state index contributed by atoms with van der Waals surface area (Å²) in [6.45, 7) is 1.81. The number of fused-ring (bicyclic) bond motifs is 1. The van der Waals surface area contributed by atoms with Gasteiger partial charge >= 0.3 is 5.63 Å². The molecule has 20 heavy (non-hydrogen) atoms. The molecule has 0 fully saturated rings. The quantitative estimate of drug-likeness (QED) is 0.665. The van der Waals surface area contributed by atoms with Gasteiger partial charge in [-0.2, -0.15) is 0 Å². The number of hydrogen-bond acceptors (Lipinski definition) is 4. The average molecular weight is 268 g/mol. The largest absolute Gasteiger partial charge is 0.508 e. The molecule has 0 spiro atoms. The second kappa shape index (κ2) is 4.42. The number of hydrogen-bond donors (Lipinski definition) is 2. The first-order valence-corrected chi connectivity index (χ1v) is 6.12. The summed E-state index contributed by atoms with van der Waals surface area (Å²) in [6, 6.07) is 11.0. The molecule has 0 aliphatic heterocycles. The van der Waals surface area contributed by atoms with Crippen molar-refractivity contribution in [1.29, 1.82) is 0 Å². The van der Waals surface area contributed by atoms with Crippen molar-refractivity contribution in [3.63, 3.8) is 0 Å². The van der Waals surface area contributed by atoms with Gasteiger partial charge in [0.15, 0.2) is 0 Å². The van der Waals surface area contributed by atoms with Crippen LogP contribution in [0.25, 0.3) is 22.1 Å². The van der Waals surface area contributed by atoms with Gasteiger partial charge in [-0.3, -0.25) is 0 Å². The fourth-order valence-corrected chi connectivity index (χ4v) is 2.30.